The summed E-state index contributed by atoms with van der Waals surface area (Å²) in [5.41, 5.74) is 3.55. The second kappa shape index (κ2) is 9.95. The largest absolute Gasteiger partial charge is 0.485 e. The van der Waals surface area contributed by atoms with Crippen molar-refractivity contribution in [3.8, 4) is 5.75 Å². The minimum atomic E-state index is -0.627. The Balaban J connectivity index is 1.64. The van der Waals surface area contributed by atoms with Gasteiger partial charge in [0, 0.05) is 5.56 Å². The van der Waals surface area contributed by atoms with E-state index in [2.05, 4.69) is 4.99 Å². The number of carbonyl (C=O) groups excluding carboxylic acids is 1. The smallest absolute Gasteiger partial charge is 0.338 e. The highest BCUT2D eigenvalue weighted by molar-refractivity contribution is 7.07. The minimum Gasteiger partial charge on any atom is -0.485 e. The summed E-state index contributed by atoms with van der Waals surface area (Å²) < 4.78 is 13.5. The molecule has 2 aliphatic heterocycles. The van der Waals surface area contributed by atoms with Crippen LogP contribution in [0.3, 0.4) is 0 Å². The normalized spacial score (nSPS) is 19.3. The number of benzene rings is 2. The number of allylic oxidation sites excluding steroid dienone is 2. The topological polar surface area (TPSA) is 69.9 Å². The van der Waals surface area contributed by atoms with Crippen LogP contribution in [0.4, 0.5) is 0 Å². The van der Waals surface area contributed by atoms with Gasteiger partial charge >= 0.3 is 5.97 Å². The van der Waals surface area contributed by atoms with Crippen molar-refractivity contribution in [3.63, 3.8) is 0 Å². The van der Waals surface area contributed by atoms with E-state index in [1.54, 1.807) is 18.4 Å². The molecule has 2 aromatic carbocycles. The molecule has 0 spiro atoms. The third kappa shape index (κ3) is 4.50. The predicted molar refractivity (Wildman–Crippen MR) is 142 cm³/mol. The van der Waals surface area contributed by atoms with Crippen LogP contribution in [-0.2, 0) is 9.53 Å². The lowest BCUT2D eigenvalue weighted by Crippen LogP contribution is -2.38. The summed E-state index contributed by atoms with van der Waals surface area (Å²) >= 11 is 1.31. The molecule has 0 unspecified atom stereocenters. The maximum Gasteiger partial charge on any atom is 0.338 e. The molecule has 3 aromatic rings. The van der Waals surface area contributed by atoms with Gasteiger partial charge in [0.05, 0.1) is 28.5 Å². The first kappa shape index (κ1) is 23.8. The molecule has 0 saturated heterocycles. The molecule has 1 aromatic heterocycles. The molecule has 5 rings (SSSR count). The summed E-state index contributed by atoms with van der Waals surface area (Å²) in [5.74, 6) is 0.355. The van der Waals surface area contributed by atoms with E-state index in [4.69, 9.17) is 9.47 Å². The third-order valence-electron chi connectivity index (χ3n) is 6.14. The maximum absolute atomic E-state index is 13.7. The van der Waals surface area contributed by atoms with Gasteiger partial charge in [-0.15, -0.1) is 0 Å². The fourth-order valence-electron chi connectivity index (χ4n) is 4.36. The average molecular weight is 499 g/mol. The molecule has 0 bridgehead atoms. The maximum atomic E-state index is 13.7. The Morgan fingerprint density at radius 2 is 1.92 bits per heavy atom. The Kier molecular flexibility index (Phi) is 6.57. The lowest BCUT2D eigenvalue weighted by molar-refractivity contribution is -0.139. The van der Waals surface area contributed by atoms with Gasteiger partial charge in [-0.3, -0.25) is 9.36 Å². The highest BCUT2D eigenvalue weighted by atomic mass is 32.1. The van der Waals surface area contributed by atoms with Gasteiger partial charge in [0.2, 0.25) is 0 Å². The van der Waals surface area contributed by atoms with Crippen LogP contribution < -0.4 is 19.6 Å². The summed E-state index contributed by atoms with van der Waals surface area (Å²) in [5, 5.41) is 0. The van der Waals surface area contributed by atoms with Gasteiger partial charge in [0.25, 0.3) is 5.56 Å². The Morgan fingerprint density at radius 3 is 2.69 bits per heavy atom. The van der Waals surface area contributed by atoms with E-state index in [1.807, 2.05) is 85.8 Å². The minimum absolute atomic E-state index is 0.205. The predicted octanol–water partition coefficient (Wildman–Crippen LogP) is 4.28. The van der Waals surface area contributed by atoms with E-state index in [-0.39, 0.29) is 18.3 Å². The lowest BCUT2D eigenvalue weighted by atomic mass is 10.0. The van der Waals surface area contributed by atoms with Crippen LogP contribution in [0.25, 0.3) is 18.2 Å². The Labute approximate surface area is 212 Å². The number of esters is 1. The number of fused-ring (bicyclic) bond motifs is 2. The second-order valence-electron chi connectivity index (χ2n) is 8.56. The zero-order chi connectivity index (χ0) is 25.2. The first-order valence-corrected chi connectivity index (χ1v) is 12.7. The van der Waals surface area contributed by atoms with Crippen molar-refractivity contribution in [1.82, 2.24) is 4.57 Å². The van der Waals surface area contributed by atoms with Crippen LogP contribution in [0.1, 0.15) is 37.9 Å². The molecule has 7 heteroatoms. The summed E-state index contributed by atoms with van der Waals surface area (Å²) in [4.78, 5) is 31.8. The SMILES string of the molecule is CCOC(=O)C1=C(C)N=c2s/c(=C\C3=Cc4ccccc4O[C@H]3C)c(=O)n2[C@H]1/C=C/c1ccccc1. The number of carbonyl (C=O) groups is 1. The molecule has 2 aliphatic rings. The lowest BCUT2D eigenvalue weighted by Gasteiger charge is -2.22. The number of hydrogen-bond donors (Lipinski definition) is 0. The molecule has 0 fully saturated rings. The molecule has 0 aliphatic carbocycles. The fraction of sp³-hybridized carbons (Fsp3) is 0.207. The first-order valence-electron chi connectivity index (χ1n) is 11.9. The van der Waals surface area contributed by atoms with Crippen molar-refractivity contribution in [2.24, 2.45) is 4.99 Å². The van der Waals surface area contributed by atoms with Crippen LogP contribution in [-0.4, -0.2) is 23.2 Å². The van der Waals surface area contributed by atoms with Gasteiger partial charge in [-0.25, -0.2) is 9.79 Å². The van der Waals surface area contributed by atoms with Crippen LogP contribution in [0.15, 0.2) is 87.3 Å². The van der Waals surface area contributed by atoms with E-state index in [0.29, 0.717) is 20.6 Å². The first-order chi connectivity index (χ1) is 17.5. The highest BCUT2D eigenvalue weighted by Gasteiger charge is 2.30. The molecular weight excluding hydrogens is 472 g/mol. The number of thiazole rings is 1. The van der Waals surface area contributed by atoms with E-state index < -0.39 is 12.0 Å². The fourth-order valence-corrected chi connectivity index (χ4v) is 5.41. The Bertz CT molecular complexity index is 1590. The quantitative estimate of drug-likeness (QED) is 0.493. The molecule has 182 valence electrons. The van der Waals surface area contributed by atoms with Gasteiger partial charge in [0.1, 0.15) is 11.9 Å². The Morgan fingerprint density at radius 1 is 1.17 bits per heavy atom. The molecule has 0 saturated carbocycles. The Hall–Kier alpha value is -3.97. The van der Waals surface area contributed by atoms with Gasteiger partial charge in [-0.2, -0.15) is 0 Å². The molecule has 2 atom stereocenters. The van der Waals surface area contributed by atoms with Gasteiger partial charge in [-0.1, -0.05) is 72.0 Å². The highest BCUT2D eigenvalue weighted by Crippen LogP contribution is 2.30. The summed E-state index contributed by atoms with van der Waals surface area (Å²) in [6, 6.07) is 17.0. The van der Waals surface area contributed by atoms with E-state index in [0.717, 1.165) is 22.4 Å². The van der Waals surface area contributed by atoms with E-state index in [9.17, 15) is 9.59 Å². The summed E-state index contributed by atoms with van der Waals surface area (Å²) in [7, 11) is 0. The monoisotopic (exact) mass is 498 g/mol. The zero-order valence-corrected chi connectivity index (χ0v) is 21.1. The summed E-state index contributed by atoms with van der Waals surface area (Å²) in [6.07, 6.45) is 7.48. The van der Waals surface area contributed by atoms with Crippen molar-refractivity contribution in [1.29, 1.82) is 0 Å². The average Bonchev–Trinajstić information content (AvgIpc) is 3.17. The second-order valence-corrected chi connectivity index (χ2v) is 9.57. The van der Waals surface area contributed by atoms with Gasteiger partial charge < -0.3 is 9.47 Å². The molecule has 0 amide bonds. The van der Waals surface area contributed by atoms with Crippen molar-refractivity contribution in [2.45, 2.75) is 32.9 Å². The molecule has 3 heterocycles. The number of ether oxygens (including phenoxy) is 2. The van der Waals surface area contributed by atoms with Crippen LogP contribution in [0, 0.1) is 0 Å². The van der Waals surface area contributed by atoms with E-state index >= 15 is 0 Å². The molecule has 36 heavy (non-hydrogen) atoms. The standard InChI is InChI=1S/C29H26N2O4S/c1-4-34-28(33)26-18(2)30-29-31(23(26)15-14-20-10-6-5-7-11-20)27(32)25(36-29)17-22-16-21-12-8-9-13-24(21)35-19(22)3/h5-17,19,23H,4H2,1-3H3/b15-14+,25-17-/t19-,23-/m0/s1. The zero-order valence-electron chi connectivity index (χ0n) is 20.3. The van der Waals surface area contributed by atoms with Gasteiger partial charge in [-0.05, 0) is 50.1 Å². The third-order valence-corrected chi connectivity index (χ3v) is 7.12. The molecule has 0 radical (unpaired) electrons. The van der Waals surface area contributed by atoms with Gasteiger partial charge in [0.15, 0.2) is 4.80 Å². The van der Waals surface area contributed by atoms with Crippen LogP contribution in [0.2, 0.25) is 0 Å². The molecular formula is C29H26N2O4S. The number of hydrogen-bond acceptors (Lipinski definition) is 6. The number of rotatable bonds is 5. The van der Waals surface area contributed by atoms with Crippen molar-refractivity contribution >= 4 is 35.5 Å². The van der Waals surface area contributed by atoms with Crippen LogP contribution in [0.5, 0.6) is 5.75 Å². The number of nitrogens with zero attached hydrogens (tertiary/aromatic N) is 2. The molecule has 6 nitrogen and oxygen atoms in total. The number of aromatic nitrogens is 1. The van der Waals surface area contributed by atoms with Crippen molar-refractivity contribution in [2.75, 3.05) is 6.61 Å². The number of para-hydroxylation sites is 1. The van der Waals surface area contributed by atoms with Crippen molar-refractivity contribution < 1.29 is 14.3 Å². The molecule has 0 N–H and O–H groups in total. The van der Waals surface area contributed by atoms with Crippen LogP contribution >= 0.6 is 11.3 Å². The van der Waals surface area contributed by atoms with E-state index in [1.165, 1.54) is 11.3 Å². The van der Waals surface area contributed by atoms with Crippen molar-refractivity contribution in [3.05, 3.63) is 108 Å². The summed E-state index contributed by atoms with van der Waals surface area (Å²) in [6.45, 7) is 5.74.